The van der Waals surface area contributed by atoms with E-state index in [9.17, 15) is 4.79 Å². The lowest BCUT2D eigenvalue weighted by Crippen LogP contribution is -2.51. The van der Waals surface area contributed by atoms with Crippen LogP contribution in [0, 0.1) is 5.92 Å². The highest BCUT2D eigenvalue weighted by Crippen LogP contribution is 2.23. The predicted molar refractivity (Wildman–Crippen MR) is 118 cm³/mol. The van der Waals surface area contributed by atoms with Gasteiger partial charge >= 0.3 is 5.91 Å². The SMILES string of the molecule is CC(Cc1ccc(C(C)(C)C)cc1)Cc1cccc[n+]1NC(=O)c1ccccc1. The summed E-state index contributed by atoms with van der Waals surface area (Å²) in [6, 6.07) is 24.3. The minimum absolute atomic E-state index is 0.103. The molecule has 1 unspecified atom stereocenters. The molecule has 3 heteroatoms. The number of benzene rings is 2. The van der Waals surface area contributed by atoms with E-state index in [-0.39, 0.29) is 11.3 Å². The van der Waals surface area contributed by atoms with Gasteiger partial charge in [-0.05, 0) is 47.1 Å². The fourth-order valence-electron chi connectivity index (χ4n) is 3.49. The molecular weight excluding hydrogens is 356 g/mol. The lowest BCUT2D eigenvalue weighted by atomic mass is 9.86. The van der Waals surface area contributed by atoms with Gasteiger partial charge in [-0.2, -0.15) is 0 Å². The Morgan fingerprint density at radius 3 is 2.21 bits per heavy atom. The van der Waals surface area contributed by atoms with E-state index in [1.807, 2.05) is 53.3 Å². The Morgan fingerprint density at radius 2 is 1.55 bits per heavy atom. The van der Waals surface area contributed by atoms with Crippen molar-refractivity contribution in [3.63, 3.8) is 0 Å². The number of amides is 1. The highest BCUT2D eigenvalue weighted by molar-refractivity contribution is 5.98. The van der Waals surface area contributed by atoms with Crippen LogP contribution in [0.1, 0.15) is 54.9 Å². The lowest BCUT2D eigenvalue weighted by molar-refractivity contribution is -0.649. The first-order valence-electron chi connectivity index (χ1n) is 10.3. The molecule has 3 aromatic rings. The van der Waals surface area contributed by atoms with Gasteiger partial charge < -0.3 is 0 Å². The normalized spacial score (nSPS) is 12.4. The van der Waals surface area contributed by atoms with Gasteiger partial charge in [0.25, 0.3) is 0 Å². The lowest BCUT2D eigenvalue weighted by Gasteiger charge is -2.19. The van der Waals surface area contributed by atoms with Crippen LogP contribution in [0.2, 0.25) is 0 Å². The molecule has 0 bridgehead atoms. The summed E-state index contributed by atoms with van der Waals surface area (Å²) in [6.07, 6.45) is 3.80. The van der Waals surface area contributed by atoms with Crippen LogP contribution in [0.4, 0.5) is 0 Å². The van der Waals surface area contributed by atoms with Crippen LogP contribution < -0.4 is 10.1 Å². The summed E-state index contributed by atoms with van der Waals surface area (Å²) in [4.78, 5) is 12.5. The van der Waals surface area contributed by atoms with Gasteiger partial charge in [0.15, 0.2) is 6.20 Å². The van der Waals surface area contributed by atoms with E-state index < -0.39 is 0 Å². The second kappa shape index (κ2) is 9.04. The van der Waals surface area contributed by atoms with Crippen molar-refractivity contribution >= 4 is 5.91 Å². The van der Waals surface area contributed by atoms with Crippen LogP contribution in [-0.2, 0) is 18.3 Å². The minimum atomic E-state index is -0.103. The first-order chi connectivity index (χ1) is 13.8. The largest absolute Gasteiger partial charge is 0.305 e. The molecule has 1 amide bonds. The van der Waals surface area contributed by atoms with E-state index in [4.69, 9.17) is 0 Å². The molecule has 0 fully saturated rings. The number of pyridine rings is 1. The summed E-state index contributed by atoms with van der Waals surface area (Å²) in [5, 5.41) is 0. The van der Waals surface area contributed by atoms with Crippen molar-refractivity contribution in [3.8, 4) is 0 Å². The molecule has 0 spiro atoms. The topological polar surface area (TPSA) is 33.0 Å². The third-order valence-corrected chi connectivity index (χ3v) is 5.16. The maximum absolute atomic E-state index is 12.5. The predicted octanol–water partition coefficient (Wildman–Crippen LogP) is 5.08. The molecule has 1 aromatic heterocycles. The van der Waals surface area contributed by atoms with Gasteiger partial charge in [0, 0.05) is 24.1 Å². The second-order valence-electron chi connectivity index (χ2n) is 8.83. The highest BCUT2D eigenvalue weighted by Gasteiger charge is 2.18. The molecule has 29 heavy (non-hydrogen) atoms. The number of nitrogens with zero attached hydrogens (tertiary/aromatic N) is 1. The molecule has 150 valence electrons. The van der Waals surface area contributed by atoms with Crippen molar-refractivity contribution in [1.29, 1.82) is 0 Å². The molecule has 1 heterocycles. The van der Waals surface area contributed by atoms with Crippen molar-refractivity contribution in [2.24, 2.45) is 5.92 Å². The molecule has 0 saturated carbocycles. The first-order valence-corrected chi connectivity index (χ1v) is 10.3. The van der Waals surface area contributed by atoms with E-state index in [1.165, 1.54) is 11.1 Å². The van der Waals surface area contributed by atoms with Crippen molar-refractivity contribution in [2.45, 2.75) is 46.0 Å². The van der Waals surface area contributed by atoms with Crippen LogP contribution in [0.15, 0.2) is 79.0 Å². The molecule has 0 aliphatic heterocycles. The Labute approximate surface area is 174 Å². The quantitative estimate of drug-likeness (QED) is 0.588. The summed E-state index contributed by atoms with van der Waals surface area (Å²) in [6.45, 7) is 8.97. The summed E-state index contributed by atoms with van der Waals surface area (Å²) >= 11 is 0. The van der Waals surface area contributed by atoms with Crippen molar-refractivity contribution in [1.82, 2.24) is 0 Å². The fraction of sp³-hybridized carbons (Fsp3) is 0.308. The second-order valence-corrected chi connectivity index (χ2v) is 8.83. The standard InChI is InChI=1S/C26H30N2O/c1-20(18-21-13-15-23(16-14-21)26(2,3)4)19-24-12-8-9-17-28(24)27-25(29)22-10-6-5-7-11-22/h5-17,20H,18-19H2,1-4H3/p+1. The van der Waals surface area contributed by atoms with Gasteiger partial charge in [0.1, 0.15) is 0 Å². The molecular formula is C26H31N2O+. The van der Waals surface area contributed by atoms with E-state index in [2.05, 4.69) is 63.5 Å². The van der Waals surface area contributed by atoms with Gasteiger partial charge in [-0.15, -0.1) is 5.43 Å². The Morgan fingerprint density at radius 1 is 0.897 bits per heavy atom. The van der Waals surface area contributed by atoms with Crippen LogP contribution in [0.3, 0.4) is 0 Å². The Kier molecular flexibility index (Phi) is 6.48. The molecule has 3 rings (SSSR count). The molecule has 0 aliphatic carbocycles. The Balaban J connectivity index is 1.66. The number of nitrogens with one attached hydrogen (secondary N) is 1. The summed E-state index contributed by atoms with van der Waals surface area (Å²) in [5.41, 5.74) is 7.63. The molecule has 2 aromatic carbocycles. The van der Waals surface area contributed by atoms with Crippen molar-refractivity contribution < 1.29 is 9.47 Å². The van der Waals surface area contributed by atoms with Crippen molar-refractivity contribution in [2.75, 3.05) is 5.43 Å². The number of hydrogen-bond donors (Lipinski definition) is 1. The molecule has 3 nitrogen and oxygen atoms in total. The van der Waals surface area contributed by atoms with Crippen LogP contribution >= 0.6 is 0 Å². The summed E-state index contributed by atoms with van der Waals surface area (Å²) in [5.74, 6) is 0.353. The average molecular weight is 388 g/mol. The smallest absolute Gasteiger partial charge is 0.264 e. The Hall–Kier alpha value is -2.94. The zero-order valence-corrected chi connectivity index (χ0v) is 17.9. The molecule has 1 N–H and O–H groups in total. The summed E-state index contributed by atoms with van der Waals surface area (Å²) < 4.78 is 1.84. The Bertz CT molecular complexity index is 940. The highest BCUT2D eigenvalue weighted by atomic mass is 16.2. The third-order valence-electron chi connectivity index (χ3n) is 5.16. The fourth-order valence-corrected chi connectivity index (χ4v) is 3.49. The third kappa shape index (κ3) is 5.77. The van der Waals surface area contributed by atoms with Gasteiger partial charge in [-0.25, -0.2) is 0 Å². The van der Waals surface area contributed by atoms with Gasteiger partial charge in [-0.1, -0.05) is 74.8 Å². The minimum Gasteiger partial charge on any atom is -0.264 e. The first kappa shape index (κ1) is 20.8. The van der Waals surface area contributed by atoms with E-state index >= 15 is 0 Å². The molecule has 1 atom stereocenters. The molecule has 0 saturated heterocycles. The average Bonchev–Trinajstić information content (AvgIpc) is 2.70. The number of carbonyl (C=O) groups is 1. The number of rotatable bonds is 6. The van der Waals surface area contributed by atoms with Gasteiger partial charge in [0.2, 0.25) is 5.69 Å². The molecule has 0 radical (unpaired) electrons. The maximum Gasteiger partial charge on any atom is 0.305 e. The van der Waals surface area contributed by atoms with E-state index in [0.29, 0.717) is 11.5 Å². The monoisotopic (exact) mass is 387 g/mol. The van der Waals surface area contributed by atoms with Gasteiger partial charge in [0.05, 0.1) is 0 Å². The van der Waals surface area contributed by atoms with Crippen LogP contribution in [-0.4, -0.2) is 5.91 Å². The maximum atomic E-state index is 12.5. The van der Waals surface area contributed by atoms with E-state index in [0.717, 1.165) is 18.5 Å². The van der Waals surface area contributed by atoms with Gasteiger partial charge in [-0.3, -0.25) is 4.79 Å². The number of aromatic nitrogens is 1. The molecule has 0 aliphatic rings. The number of carbonyl (C=O) groups excluding carboxylic acids is 1. The summed E-state index contributed by atoms with van der Waals surface area (Å²) in [7, 11) is 0. The van der Waals surface area contributed by atoms with Crippen LogP contribution in [0.5, 0.6) is 0 Å². The van der Waals surface area contributed by atoms with E-state index in [1.54, 1.807) is 0 Å². The number of hydrogen-bond acceptors (Lipinski definition) is 1. The van der Waals surface area contributed by atoms with Crippen LogP contribution in [0.25, 0.3) is 0 Å². The van der Waals surface area contributed by atoms with Crippen molar-refractivity contribution in [3.05, 3.63) is 101 Å². The zero-order chi connectivity index (χ0) is 20.9. The zero-order valence-electron chi connectivity index (χ0n) is 17.9.